The molecule has 6 nitrogen and oxygen atoms in total. The Morgan fingerprint density at radius 3 is 2.67 bits per heavy atom. The lowest BCUT2D eigenvalue weighted by molar-refractivity contribution is -0.135. The summed E-state index contributed by atoms with van der Waals surface area (Å²) in [5.74, 6) is -0.345. The molecule has 0 unspecified atom stereocenters. The second kappa shape index (κ2) is 6.83. The number of pyridine rings is 1. The highest BCUT2D eigenvalue weighted by Gasteiger charge is 2.22. The summed E-state index contributed by atoms with van der Waals surface area (Å²) in [6.07, 6.45) is 3.08. The normalized spacial score (nSPS) is 13.8. The third-order valence-electron chi connectivity index (χ3n) is 3.86. The Kier molecular flexibility index (Phi) is 4.78. The fourth-order valence-corrected chi connectivity index (χ4v) is 2.77. The molecule has 2 aromatic heterocycles. The second-order valence-electron chi connectivity index (χ2n) is 5.54. The first-order valence-electron chi connectivity index (χ1n) is 7.34. The third-order valence-corrected chi connectivity index (χ3v) is 4.58. The predicted molar refractivity (Wildman–Crippen MR) is 90.5 cm³/mol. The summed E-state index contributed by atoms with van der Waals surface area (Å²) in [4.78, 5) is 17.7. The summed E-state index contributed by atoms with van der Waals surface area (Å²) in [5.41, 5.74) is 3.23. The molecule has 24 heavy (non-hydrogen) atoms. The molecule has 126 valence electrons. The molecule has 0 aromatic carbocycles. The maximum Gasteiger partial charge on any atom is 0.333 e. The minimum Gasteiger partial charge on any atom is -0.456 e. The van der Waals surface area contributed by atoms with Crippen LogP contribution in [0.25, 0.3) is 0 Å². The molecule has 3 rings (SSSR count). The van der Waals surface area contributed by atoms with Crippen molar-refractivity contribution in [3.63, 3.8) is 0 Å². The minimum atomic E-state index is -0.345. The van der Waals surface area contributed by atoms with Gasteiger partial charge in [0.25, 0.3) is 0 Å². The van der Waals surface area contributed by atoms with Crippen molar-refractivity contribution >= 4 is 29.2 Å². The molecule has 0 saturated heterocycles. The first kappa shape index (κ1) is 16.8. The lowest BCUT2D eigenvalue weighted by atomic mass is 10.2. The molecule has 0 aliphatic carbocycles. The van der Waals surface area contributed by atoms with Crippen LogP contribution in [0.5, 0.6) is 0 Å². The van der Waals surface area contributed by atoms with Crippen molar-refractivity contribution in [1.82, 2.24) is 19.7 Å². The Labute approximate surface area is 149 Å². The van der Waals surface area contributed by atoms with Gasteiger partial charge in [-0.15, -0.1) is 0 Å². The monoisotopic (exact) mass is 366 g/mol. The highest BCUT2D eigenvalue weighted by atomic mass is 35.5. The third kappa shape index (κ3) is 3.55. The number of hydrogen-bond donors (Lipinski definition) is 0. The van der Waals surface area contributed by atoms with Crippen molar-refractivity contribution in [2.24, 2.45) is 7.05 Å². The summed E-state index contributed by atoms with van der Waals surface area (Å²) in [6, 6.07) is 3.63. The van der Waals surface area contributed by atoms with E-state index in [0.29, 0.717) is 23.1 Å². The molecule has 0 atom stereocenters. The van der Waals surface area contributed by atoms with E-state index in [9.17, 15) is 4.79 Å². The van der Waals surface area contributed by atoms with Gasteiger partial charge >= 0.3 is 5.97 Å². The number of hydrogen-bond acceptors (Lipinski definition) is 5. The van der Waals surface area contributed by atoms with Crippen LogP contribution in [-0.2, 0) is 29.7 Å². The summed E-state index contributed by atoms with van der Waals surface area (Å²) >= 11 is 12.2. The van der Waals surface area contributed by atoms with E-state index >= 15 is 0 Å². The first-order valence-corrected chi connectivity index (χ1v) is 8.10. The van der Waals surface area contributed by atoms with Gasteiger partial charge in [0.1, 0.15) is 12.3 Å². The Balaban J connectivity index is 1.87. The van der Waals surface area contributed by atoms with Gasteiger partial charge in [-0.1, -0.05) is 23.2 Å². The number of rotatable bonds is 5. The number of aryl methyl sites for hydroxylation is 1. The smallest absolute Gasteiger partial charge is 0.333 e. The molecule has 0 bridgehead atoms. The van der Waals surface area contributed by atoms with E-state index in [4.69, 9.17) is 27.9 Å². The van der Waals surface area contributed by atoms with Crippen LogP contribution in [-0.4, -0.2) is 32.2 Å². The van der Waals surface area contributed by atoms with Gasteiger partial charge in [0.15, 0.2) is 0 Å². The van der Waals surface area contributed by atoms with E-state index < -0.39 is 0 Å². The van der Waals surface area contributed by atoms with E-state index in [1.165, 1.54) is 6.08 Å². The van der Waals surface area contributed by atoms with Crippen LogP contribution in [0.1, 0.15) is 17.1 Å². The van der Waals surface area contributed by atoms with Gasteiger partial charge in [-0.2, -0.15) is 5.10 Å². The average molecular weight is 367 g/mol. The van der Waals surface area contributed by atoms with Crippen LogP contribution in [0.15, 0.2) is 30.1 Å². The van der Waals surface area contributed by atoms with E-state index in [1.54, 1.807) is 16.9 Å². The summed E-state index contributed by atoms with van der Waals surface area (Å²) < 4.78 is 6.76. The van der Waals surface area contributed by atoms with E-state index in [1.807, 2.05) is 24.9 Å². The molecule has 0 saturated carbocycles. The van der Waals surface area contributed by atoms with Crippen LogP contribution in [0.2, 0.25) is 10.0 Å². The number of carbonyl (C=O) groups is 1. The van der Waals surface area contributed by atoms with E-state index in [2.05, 4.69) is 10.1 Å². The van der Waals surface area contributed by atoms with Gasteiger partial charge in [0, 0.05) is 19.3 Å². The molecule has 2 aromatic rings. The Bertz CT molecular complexity index is 799. The van der Waals surface area contributed by atoms with Crippen LogP contribution >= 0.6 is 23.2 Å². The molecule has 3 heterocycles. The van der Waals surface area contributed by atoms with Gasteiger partial charge in [0.05, 0.1) is 40.2 Å². The highest BCUT2D eigenvalue weighted by molar-refractivity contribution is 6.31. The van der Waals surface area contributed by atoms with Gasteiger partial charge in [-0.25, -0.2) is 4.79 Å². The largest absolute Gasteiger partial charge is 0.456 e. The number of halogens is 2. The highest BCUT2D eigenvalue weighted by Crippen LogP contribution is 2.24. The van der Waals surface area contributed by atoms with Gasteiger partial charge < -0.3 is 9.64 Å². The summed E-state index contributed by atoms with van der Waals surface area (Å²) in [7, 11) is 1.84. The van der Waals surface area contributed by atoms with Crippen molar-refractivity contribution in [3.05, 3.63) is 57.2 Å². The van der Waals surface area contributed by atoms with Crippen LogP contribution in [0.3, 0.4) is 0 Å². The second-order valence-corrected chi connectivity index (χ2v) is 6.35. The van der Waals surface area contributed by atoms with Crippen molar-refractivity contribution in [2.75, 3.05) is 6.61 Å². The van der Waals surface area contributed by atoms with Crippen LogP contribution in [0, 0.1) is 6.92 Å². The lowest BCUT2D eigenvalue weighted by Crippen LogP contribution is -2.24. The van der Waals surface area contributed by atoms with Gasteiger partial charge in [-0.3, -0.25) is 9.67 Å². The fraction of sp³-hybridized carbons (Fsp3) is 0.312. The van der Waals surface area contributed by atoms with Crippen LogP contribution < -0.4 is 0 Å². The van der Waals surface area contributed by atoms with Gasteiger partial charge in [0.2, 0.25) is 0 Å². The molecule has 1 aliphatic heterocycles. The Morgan fingerprint density at radius 2 is 2.12 bits per heavy atom. The maximum absolute atomic E-state index is 11.4. The minimum absolute atomic E-state index is 0.232. The Hall–Kier alpha value is -2.05. The molecule has 0 N–H and O–H groups in total. The molecular weight excluding hydrogens is 351 g/mol. The summed E-state index contributed by atoms with van der Waals surface area (Å²) in [6.45, 7) is 3.08. The molecule has 0 amide bonds. The zero-order valence-electron chi connectivity index (χ0n) is 13.3. The first-order chi connectivity index (χ1) is 11.4. The Morgan fingerprint density at radius 1 is 1.33 bits per heavy atom. The SMILES string of the molecule is Cc1c(Cl)c(CN(Cc2ccc(Cl)cn2)C2=CC(=O)OC2)nn1C. The number of nitrogens with zero attached hydrogens (tertiary/aromatic N) is 4. The number of esters is 1. The molecule has 0 fully saturated rings. The topological polar surface area (TPSA) is 60.3 Å². The lowest BCUT2D eigenvalue weighted by Gasteiger charge is -2.24. The number of ether oxygens (including phenoxy) is 1. The number of carbonyl (C=O) groups excluding carboxylic acids is 1. The van der Waals surface area contributed by atoms with Crippen molar-refractivity contribution in [1.29, 1.82) is 0 Å². The number of aromatic nitrogens is 3. The fourth-order valence-electron chi connectivity index (χ4n) is 2.43. The molecule has 0 radical (unpaired) electrons. The van der Waals surface area contributed by atoms with E-state index in [0.717, 1.165) is 22.8 Å². The standard InChI is InChI=1S/C16H16Cl2N4O2/c1-10-16(18)14(20-21(10)2)8-22(13-5-15(23)24-9-13)7-12-4-3-11(17)6-19-12/h3-6H,7-9H2,1-2H3. The molecule has 1 aliphatic rings. The molecular formula is C16H16Cl2N4O2. The predicted octanol–water partition coefficient (Wildman–Crippen LogP) is 2.87. The summed E-state index contributed by atoms with van der Waals surface area (Å²) in [5, 5.41) is 5.64. The zero-order chi connectivity index (χ0) is 17.3. The van der Waals surface area contributed by atoms with Crippen molar-refractivity contribution in [2.45, 2.75) is 20.0 Å². The molecule has 0 spiro atoms. The maximum atomic E-state index is 11.4. The molecule has 8 heteroatoms. The van der Waals surface area contributed by atoms with E-state index in [-0.39, 0.29) is 12.6 Å². The average Bonchev–Trinajstić information content (AvgIpc) is 3.09. The van der Waals surface area contributed by atoms with Crippen molar-refractivity contribution in [3.8, 4) is 0 Å². The van der Waals surface area contributed by atoms with Crippen molar-refractivity contribution < 1.29 is 9.53 Å². The quantitative estimate of drug-likeness (QED) is 0.761. The van der Waals surface area contributed by atoms with Crippen LogP contribution in [0.4, 0.5) is 0 Å². The zero-order valence-corrected chi connectivity index (χ0v) is 14.8. The van der Waals surface area contributed by atoms with Gasteiger partial charge in [-0.05, 0) is 19.1 Å². The number of cyclic esters (lactones) is 1.